The summed E-state index contributed by atoms with van der Waals surface area (Å²) < 4.78 is 0. The first-order valence-electron chi connectivity index (χ1n) is 7.23. The lowest BCUT2D eigenvalue weighted by Crippen LogP contribution is -2.61. The van der Waals surface area contributed by atoms with Crippen molar-refractivity contribution in [2.45, 2.75) is 26.3 Å². The summed E-state index contributed by atoms with van der Waals surface area (Å²) >= 11 is 0. The molecule has 2 rings (SSSR count). The average Bonchev–Trinajstić information content (AvgIpc) is 2.88. The van der Waals surface area contributed by atoms with Gasteiger partial charge in [-0.15, -0.1) is 0 Å². The lowest BCUT2D eigenvalue weighted by molar-refractivity contribution is -0.402. The van der Waals surface area contributed by atoms with Crippen molar-refractivity contribution in [3.8, 4) is 0 Å². The van der Waals surface area contributed by atoms with E-state index in [1.165, 1.54) is 10.9 Å². The molecule has 0 aliphatic rings. The molecule has 0 saturated carbocycles. The number of quaternary nitrogens is 1. The fraction of sp³-hybridized carbons (Fsp3) is 0.353. The number of benzene rings is 1. The van der Waals surface area contributed by atoms with Crippen LogP contribution in [0.1, 0.15) is 19.4 Å². The van der Waals surface area contributed by atoms with E-state index >= 15 is 0 Å². The Hall–Kier alpha value is -2.07. The van der Waals surface area contributed by atoms with Crippen molar-refractivity contribution in [2.24, 2.45) is 5.41 Å². The van der Waals surface area contributed by atoms with Crippen molar-refractivity contribution in [2.75, 3.05) is 7.05 Å². The molecule has 0 aliphatic heterocycles. The standard InChI is InChI=1S/C17H23N3O/c1-17(2,16(21)19-3)9-8-13(18)10-12-11-20-15-7-5-4-6-14(12)15/h4-9,11,13,20H,10,18H2,1-3H3,(H,19,21)/p+1/b9-8+/t13-/m0/s1. The van der Waals surface area contributed by atoms with Crippen molar-refractivity contribution in [3.63, 3.8) is 0 Å². The van der Waals surface area contributed by atoms with Gasteiger partial charge in [0.25, 0.3) is 0 Å². The maximum Gasteiger partial charge on any atom is 0.229 e. The van der Waals surface area contributed by atoms with E-state index in [-0.39, 0.29) is 11.9 Å². The Bertz CT molecular complexity index is 655. The zero-order valence-corrected chi connectivity index (χ0v) is 12.9. The largest absolute Gasteiger partial charge is 0.361 e. The number of para-hydroxylation sites is 1. The molecule has 4 heteroatoms. The van der Waals surface area contributed by atoms with E-state index in [4.69, 9.17) is 0 Å². The molecule has 4 nitrogen and oxygen atoms in total. The van der Waals surface area contributed by atoms with Crippen LogP contribution in [0.5, 0.6) is 0 Å². The summed E-state index contributed by atoms with van der Waals surface area (Å²) in [5.41, 5.74) is 6.07. The Labute approximate surface area is 125 Å². The van der Waals surface area contributed by atoms with Crippen LogP contribution in [0.2, 0.25) is 0 Å². The van der Waals surface area contributed by atoms with Crippen LogP contribution in [0.3, 0.4) is 0 Å². The van der Waals surface area contributed by atoms with Crippen LogP contribution in [0.25, 0.3) is 10.9 Å². The molecule has 1 aromatic heterocycles. The predicted molar refractivity (Wildman–Crippen MR) is 85.7 cm³/mol. The third-order valence-electron chi connectivity index (χ3n) is 3.75. The van der Waals surface area contributed by atoms with Crippen molar-refractivity contribution < 1.29 is 10.5 Å². The highest BCUT2D eigenvalue weighted by molar-refractivity contribution is 5.84. The minimum Gasteiger partial charge on any atom is -0.361 e. The molecule has 112 valence electrons. The quantitative estimate of drug-likeness (QED) is 0.718. The van der Waals surface area contributed by atoms with Crippen LogP contribution in [0.4, 0.5) is 0 Å². The Morgan fingerprint density at radius 2 is 2.14 bits per heavy atom. The topological polar surface area (TPSA) is 72.5 Å². The SMILES string of the molecule is CNC(=O)C(C)(C)/C=C/[C@H]([NH3+])Cc1c[nH]c2ccccc12. The lowest BCUT2D eigenvalue weighted by atomic mass is 9.90. The van der Waals surface area contributed by atoms with Gasteiger partial charge < -0.3 is 16.0 Å². The summed E-state index contributed by atoms with van der Waals surface area (Å²) in [5, 5.41) is 3.92. The minimum atomic E-state index is -0.509. The lowest BCUT2D eigenvalue weighted by Gasteiger charge is -2.18. The van der Waals surface area contributed by atoms with E-state index in [1.54, 1.807) is 7.05 Å². The fourth-order valence-electron chi connectivity index (χ4n) is 2.43. The highest BCUT2D eigenvalue weighted by Gasteiger charge is 2.23. The molecule has 1 aromatic carbocycles. The number of amides is 1. The van der Waals surface area contributed by atoms with Gasteiger partial charge in [-0.3, -0.25) is 4.79 Å². The van der Waals surface area contributed by atoms with E-state index in [0.717, 1.165) is 11.9 Å². The van der Waals surface area contributed by atoms with Gasteiger partial charge in [-0.2, -0.15) is 0 Å². The third-order valence-corrected chi connectivity index (χ3v) is 3.75. The van der Waals surface area contributed by atoms with E-state index in [9.17, 15) is 4.79 Å². The maximum atomic E-state index is 11.8. The molecular formula is C17H24N3O+. The molecule has 0 radical (unpaired) electrons. The molecule has 5 N–H and O–H groups in total. The number of nitrogens with one attached hydrogen (secondary N) is 2. The van der Waals surface area contributed by atoms with Crippen LogP contribution < -0.4 is 11.1 Å². The molecule has 0 aliphatic carbocycles. The molecule has 0 bridgehead atoms. The van der Waals surface area contributed by atoms with Gasteiger partial charge in [0, 0.05) is 30.6 Å². The van der Waals surface area contributed by atoms with Crippen LogP contribution in [-0.4, -0.2) is 24.0 Å². The van der Waals surface area contributed by atoms with Gasteiger partial charge in [-0.1, -0.05) is 24.3 Å². The summed E-state index contributed by atoms with van der Waals surface area (Å²) in [6, 6.07) is 8.39. The Morgan fingerprint density at radius 3 is 2.86 bits per heavy atom. The molecule has 0 unspecified atom stereocenters. The van der Waals surface area contributed by atoms with Gasteiger partial charge in [0.2, 0.25) is 5.91 Å². The van der Waals surface area contributed by atoms with E-state index in [1.807, 2.05) is 44.3 Å². The molecule has 1 amide bonds. The second kappa shape index (κ2) is 6.14. The van der Waals surface area contributed by atoms with Gasteiger partial charge in [0.1, 0.15) is 6.04 Å². The number of carbonyl (C=O) groups is 1. The molecule has 0 fully saturated rings. The smallest absolute Gasteiger partial charge is 0.229 e. The molecule has 0 spiro atoms. The summed E-state index contributed by atoms with van der Waals surface area (Å²) in [6.07, 6.45) is 6.86. The number of hydrogen-bond donors (Lipinski definition) is 3. The predicted octanol–water partition coefficient (Wildman–Crippen LogP) is 1.65. The first-order chi connectivity index (χ1) is 9.94. The van der Waals surface area contributed by atoms with Crippen molar-refractivity contribution in [3.05, 3.63) is 48.2 Å². The number of fused-ring (bicyclic) bond motifs is 1. The molecular weight excluding hydrogens is 262 g/mol. The van der Waals surface area contributed by atoms with Gasteiger partial charge in [0.15, 0.2) is 0 Å². The van der Waals surface area contributed by atoms with Crippen molar-refractivity contribution >= 4 is 16.8 Å². The van der Waals surface area contributed by atoms with Gasteiger partial charge in [0.05, 0.1) is 5.41 Å². The molecule has 1 atom stereocenters. The average molecular weight is 286 g/mol. The van der Waals surface area contributed by atoms with Gasteiger partial charge >= 0.3 is 0 Å². The summed E-state index contributed by atoms with van der Waals surface area (Å²) in [6.45, 7) is 3.81. The minimum absolute atomic E-state index is 0.0121. The third kappa shape index (κ3) is 3.52. The van der Waals surface area contributed by atoms with E-state index in [0.29, 0.717) is 0 Å². The number of carbonyl (C=O) groups excluding carboxylic acids is 1. The number of rotatable bonds is 5. The number of hydrogen-bond acceptors (Lipinski definition) is 1. The normalized spacial score (nSPS) is 13.7. The summed E-state index contributed by atoms with van der Waals surface area (Å²) in [7, 11) is 1.66. The van der Waals surface area contributed by atoms with E-state index in [2.05, 4.69) is 28.2 Å². The highest BCUT2D eigenvalue weighted by atomic mass is 16.2. The maximum absolute atomic E-state index is 11.8. The first-order valence-corrected chi connectivity index (χ1v) is 7.23. The molecule has 1 heterocycles. The Morgan fingerprint density at radius 1 is 1.43 bits per heavy atom. The molecule has 2 aromatic rings. The Kier molecular flexibility index (Phi) is 4.48. The van der Waals surface area contributed by atoms with Crippen LogP contribution >= 0.6 is 0 Å². The second-order valence-corrected chi connectivity index (χ2v) is 5.98. The Balaban J connectivity index is 2.08. The van der Waals surface area contributed by atoms with Crippen molar-refractivity contribution in [1.82, 2.24) is 10.3 Å². The van der Waals surface area contributed by atoms with Crippen molar-refractivity contribution in [1.29, 1.82) is 0 Å². The second-order valence-electron chi connectivity index (χ2n) is 5.98. The zero-order valence-electron chi connectivity index (χ0n) is 12.9. The molecule has 21 heavy (non-hydrogen) atoms. The number of aromatic amines is 1. The number of H-pyrrole nitrogens is 1. The summed E-state index contributed by atoms with van der Waals surface area (Å²) in [5.74, 6) is 0.0121. The van der Waals surface area contributed by atoms with Crippen LogP contribution in [-0.2, 0) is 11.2 Å². The summed E-state index contributed by atoms with van der Waals surface area (Å²) in [4.78, 5) is 15.0. The van der Waals surface area contributed by atoms with Crippen LogP contribution in [0, 0.1) is 5.41 Å². The van der Waals surface area contributed by atoms with Gasteiger partial charge in [-0.25, -0.2) is 0 Å². The van der Waals surface area contributed by atoms with E-state index < -0.39 is 5.41 Å². The molecule has 0 saturated heterocycles. The van der Waals surface area contributed by atoms with Crippen LogP contribution in [0.15, 0.2) is 42.6 Å². The fourth-order valence-corrected chi connectivity index (χ4v) is 2.43. The zero-order chi connectivity index (χ0) is 15.5. The monoisotopic (exact) mass is 286 g/mol. The van der Waals surface area contributed by atoms with Gasteiger partial charge in [-0.05, 0) is 31.6 Å². The highest BCUT2D eigenvalue weighted by Crippen LogP contribution is 2.20. The number of aromatic nitrogens is 1. The first kappa shape index (κ1) is 15.3.